The zero-order valence-corrected chi connectivity index (χ0v) is 12.9. The quantitative estimate of drug-likeness (QED) is 0.838. The molecule has 2 N–H and O–H groups in total. The Morgan fingerprint density at radius 2 is 1.90 bits per heavy atom. The predicted molar refractivity (Wildman–Crippen MR) is 80.9 cm³/mol. The SMILES string of the molecule is O=S(=O)(NC1CC1)c1ccc(OCC2CCCCN2)cc1. The number of benzene rings is 1. The number of nitrogens with one attached hydrogen (secondary N) is 2. The molecule has 1 aliphatic heterocycles. The van der Waals surface area contributed by atoms with E-state index >= 15 is 0 Å². The van der Waals surface area contributed by atoms with E-state index < -0.39 is 10.0 Å². The molecule has 2 fully saturated rings. The van der Waals surface area contributed by atoms with E-state index in [-0.39, 0.29) is 6.04 Å². The topological polar surface area (TPSA) is 67.4 Å². The maximum Gasteiger partial charge on any atom is 0.240 e. The van der Waals surface area contributed by atoms with Gasteiger partial charge in [0.25, 0.3) is 0 Å². The van der Waals surface area contributed by atoms with Gasteiger partial charge in [0.05, 0.1) is 4.90 Å². The Kier molecular flexibility index (Phi) is 4.47. The first-order valence-electron chi connectivity index (χ1n) is 7.62. The molecule has 1 atom stereocenters. The van der Waals surface area contributed by atoms with Crippen LogP contribution in [0.4, 0.5) is 0 Å². The Balaban J connectivity index is 1.55. The van der Waals surface area contributed by atoms with Gasteiger partial charge in [-0.1, -0.05) is 6.42 Å². The normalized spacial score (nSPS) is 23.0. The van der Waals surface area contributed by atoms with E-state index in [9.17, 15) is 8.42 Å². The Labute approximate surface area is 126 Å². The van der Waals surface area contributed by atoms with Crippen LogP contribution >= 0.6 is 0 Å². The second-order valence-electron chi connectivity index (χ2n) is 5.82. The van der Waals surface area contributed by atoms with Crippen molar-refractivity contribution >= 4 is 10.0 Å². The van der Waals surface area contributed by atoms with Crippen molar-refractivity contribution in [1.82, 2.24) is 10.0 Å². The zero-order valence-electron chi connectivity index (χ0n) is 12.0. The summed E-state index contributed by atoms with van der Waals surface area (Å²) in [6.07, 6.45) is 5.49. The molecule has 0 bridgehead atoms. The fourth-order valence-corrected chi connectivity index (χ4v) is 3.77. The number of piperidine rings is 1. The number of hydrogen-bond donors (Lipinski definition) is 2. The molecule has 0 amide bonds. The van der Waals surface area contributed by atoms with Crippen LogP contribution in [0.1, 0.15) is 32.1 Å². The molecule has 1 aromatic carbocycles. The van der Waals surface area contributed by atoms with E-state index in [2.05, 4.69) is 10.0 Å². The molecule has 116 valence electrons. The lowest BCUT2D eigenvalue weighted by Gasteiger charge is -2.23. The van der Waals surface area contributed by atoms with Crippen molar-refractivity contribution < 1.29 is 13.2 Å². The van der Waals surface area contributed by atoms with E-state index in [1.54, 1.807) is 24.3 Å². The smallest absolute Gasteiger partial charge is 0.240 e. The molecule has 0 spiro atoms. The van der Waals surface area contributed by atoms with Gasteiger partial charge in [-0.15, -0.1) is 0 Å². The maximum atomic E-state index is 12.0. The monoisotopic (exact) mass is 310 g/mol. The summed E-state index contributed by atoms with van der Waals surface area (Å²) in [5.41, 5.74) is 0. The number of rotatable bonds is 6. The van der Waals surface area contributed by atoms with Crippen molar-refractivity contribution in [3.05, 3.63) is 24.3 Å². The molecule has 1 saturated heterocycles. The predicted octanol–water partition coefficient (Wildman–Crippen LogP) is 1.65. The molecule has 0 radical (unpaired) electrons. The van der Waals surface area contributed by atoms with Crippen LogP contribution in [0.15, 0.2) is 29.2 Å². The van der Waals surface area contributed by atoms with Crippen LogP contribution in [-0.2, 0) is 10.0 Å². The van der Waals surface area contributed by atoms with Gasteiger partial charge in [-0.05, 0) is 56.5 Å². The Morgan fingerprint density at radius 1 is 1.14 bits per heavy atom. The molecule has 0 aromatic heterocycles. The first kappa shape index (κ1) is 14.8. The van der Waals surface area contributed by atoms with Gasteiger partial charge in [0.1, 0.15) is 12.4 Å². The molecule has 21 heavy (non-hydrogen) atoms. The summed E-state index contributed by atoms with van der Waals surface area (Å²) < 4.78 is 32.5. The van der Waals surface area contributed by atoms with Crippen LogP contribution in [0.2, 0.25) is 0 Å². The van der Waals surface area contributed by atoms with Gasteiger partial charge in [0.15, 0.2) is 0 Å². The van der Waals surface area contributed by atoms with Crippen molar-refractivity contribution in [3.63, 3.8) is 0 Å². The fourth-order valence-electron chi connectivity index (χ4n) is 2.47. The van der Waals surface area contributed by atoms with Crippen molar-refractivity contribution in [1.29, 1.82) is 0 Å². The number of ether oxygens (including phenoxy) is 1. The average Bonchev–Trinajstić information content (AvgIpc) is 3.30. The molecule has 1 aliphatic carbocycles. The van der Waals surface area contributed by atoms with Crippen molar-refractivity contribution in [3.8, 4) is 5.75 Å². The molecule has 1 saturated carbocycles. The first-order chi connectivity index (χ1) is 10.1. The number of hydrogen-bond acceptors (Lipinski definition) is 4. The van der Waals surface area contributed by atoms with Crippen molar-refractivity contribution in [2.45, 2.75) is 49.1 Å². The van der Waals surface area contributed by atoms with E-state index in [4.69, 9.17) is 4.74 Å². The highest BCUT2D eigenvalue weighted by Gasteiger charge is 2.27. The van der Waals surface area contributed by atoms with Crippen molar-refractivity contribution in [2.75, 3.05) is 13.2 Å². The third kappa shape index (κ3) is 4.18. The minimum absolute atomic E-state index is 0.128. The number of sulfonamides is 1. The highest BCUT2D eigenvalue weighted by Crippen LogP contribution is 2.23. The molecular formula is C15H22N2O3S. The molecular weight excluding hydrogens is 288 g/mol. The van der Waals surface area contributed by atoms with Crippen LogP contribution in [0, 0.1) is 0 Å². The third-order valence-electron chi connectivity index (χ3n) is 3.90. The maximum absolute atomic E-state index is 12.0. The third-order valence-corrected chi connectivity index (χ3v) is 5.43. The molecule has 3 rings (SSSR count). The van der Waals surface area contributed by atoms with E-state index in [1.807, 2.05) is 0 Å². The Bertz CT molecular complexity index is 561. The lowest BCUT2D eigenvalue weighted by molar-refractivity contribution is 0.239. The highest BCUT2D eigenvalue weighted by atomic mass is 32.2. The van der Waals surface area contributed by atoms with E-state index in [0.29, 0.717) is 23.3 Å². The average molecular weight is 310 g/mol. The van der Waals surface area contributed by atoms with Gasteiger partial charge in [0.2, 0.25) is 10.0 Å². The molecule has 6 heteroatoms. The largest absolute Gasteiger partial charge is 0.492 e. The first-order valence-corrected chi connectivity index (χ1v) is 9.10. The summed E-state index contributed by atoms with van der Waals surface area (Å²) in [6, 6.07) is 7.19. The highest BCUT2D eigenvalue weighted by molar-refractivity contribution is 7.89. The lowest BCUT2D eigenvalue weighted by Crippen LogP contribution is -2.38. The molecule has 5 nitrogen and oxygen atoms in total. The summed E-state index contributed by atoms with van der Waals surface area (Å²) in [6.45, 7) is 1.68. The molecule has 1 aromatic rings. The van der Waals surface area contributed by atoms with Crippen LogP contribution in [0.5, 0.6) is 5.75 Å². The second-order valence-corrected chi connectivity index (χ2v) is 7.54. The summed E-state index contributed by atoms with van der Waals surface area (Å²) >= 11 is 0. The van der Waals surface area contributed by atoms with Gasteiger partial charge < -0.3 is 10.1 Å². The summed E-state index contributed by atoms with van der Waals surface area (Å²) in [5, 5.41) is 3.42. The van der Waals surface area contributed by atoms with E-state index in [0.717, 1.165) is 25.8 Å². The van der Waals surface area contributed by atoms with Crippen molar-refractivity contribution in [2.24, 2.45) is 0 Å². The second kappa shape index (κ2) is 6.34. The van der Waals surface area contributed by atoms with Gasteiger partial charge in [0, 0.05) is 12.1 Å². The summed E-state index contributed by atoms with van der Waals surface area (Å²) in [4.78, 5) is 0.303. The standard InChI is InChI=1S/C15H22N2O3S/c18-21(19,17-12-4-5-12)15-8-6-14(7-9-15)20-11-13-3-1-2-10-16-13/h6-9,12-13,16-17H,1-5,10-11H2. The van der Waals surface area contributed by atoms with Crippen LogP contribution in [0.25, 0.3) is 0 Å². The van der Waals surface area contributed by atoms with Gasteiger partial charge in [-0.25, -0.2) is 13.1 Å². The Morgan fingerprint density at radius 3 is 2.52 bits per heavy atom. The minimum atomic E-state index is -3.37. The molecule has 1 unspecified atom stereocenters. The lowest BCUT2D eigenvalue weighted by atomic mass is 10.1. The molecule has 1 heterocycles. The Hall–Kier alpha value is -1.11. The van der Waals surface area contributed by atoms with E-state index in [1.165, 1.54) is 12.8 Å². The van der Waals surface area contributed by atoms with Gasteiger partial charge in [-0.2, -0.15) is 0 Å². The summed E-state index contributed by atoms with van der Waals surface area (Å²) in [7, 11) is -3.37. The zero-order chi connectivity index (χ0) is 14.7. The minimum Gasteiger partial charge on any atom is -0.492 e. The van der Waals surface area contributed by atoms with Gasteiger partial charge in [-0.3, -0.25) is 0 Å². The van der Waals surface area contributed by atoms with Gasteiger partial charge >= 0.3 is 0 Å². The molecule has 2 aliphatic rings. The van der Waals surface area contributed by atoms with Crippen LogP contribution in [0.3, 0.4) is 0 Å². The van der Waals surface area contributed by atoms with Crippen LogP contribution < -0.4 is 14.8 Å². The van der Waals surface area contributed by atoms with Crippen LogP contribution in [-0.4, -0.2) is 33.7 Å². The fraction of sp³-hybridized carbons (Fsp3) is 0.600. The summed E-state index contributed by atoms with van der Waals surface area (Å²) in [5.74, 6) is 0.716.